The van der Waals surface area contributed by atoms with E-state index in [1.807, 2.05) is 6.92 Å². The van der Waals surface area contributed by atoms with Crippen molar-refractivity contribution < 1.29 is 14.3 Å². The van der Waals surface area contributed by atoms with E-state index in [4.69, 9.17) is 10.5 Å². The first-order valence-electron chi connectivity index (χ1n) is 5.92. The number of carbonyl (C=O) groups excluding carboxylic acids is 1. The summed E-state index contributed by atoms with van der Waals surface area (Å²) in [7, 11) is 1.29. The minimum Gasteiger partial charge on any atom is -0.475 e. The van der Waals surface area contributed by atoms with Crippen LogP contribution in [0.25, 0.3) is 0 Å². The number of aryl methyl sites for hydroxylation is 1. The topological polar surface area (TPSA) is 87.3 Å². The third-order valence-corrected chi connectivity index (χ3v) is 2.71. The van der Waals surface area contributed by atoms with Crippen LogP contribution in [0.2, 0.25) is 0 Å². The molecule has 1 fully saturated rings. The smallest absolute Gasteiger partial charge is 0.326 e. The summed E-state index contributed by atoms with van der Waals surface area (Å²) in [5.74, 6) is 1.24. The number of carbonyl (C=O) groups is 1. The summed E-state index contributed by atoms with van der Waals surface area (Å²) in [6, 6.07) is 0.935. The first-order valence-corrected chi connectivity index (χ1v) is 5.92. The van der Waals surface area contributed by atoms with Gasteiger partial charge in [0.2, 0.25) is 5.88 Å². The molecule has 0 radical (unpaired) electrons. The molecule has 1 atom stereocenters. The monoisotopic (exact) mass is 251 g/mol. The molecule has 0 spiro atoms. The lowest BCUT2D eigenvalue weighted by atomic mass is 10.3. The highest BCUT2D eigenvalue weighted by Crippen LogP contribution is 2.38. The van der Waals surface area contributed by atoms with Crippen LogP contribution >= 0.6 is 0 Å². The largest absolute Gasteiger partial charge is 0.475 e. The average Bonchev–Trinajstić information content (AvgIpc) is 3.18. The first-order chi connectivity index (χ1) is 8.60. The molecular weight excluding hydrogens is 234 g/mol. The van der Waals surface area contributed by atoms with Crippen LogP contribution < -0.4 is 10.5 Å². The highest BCUT2D eigenvalue weighted by atomic mass is 16.5. The number of aromatic nitrogens is 2. The van der Waals surface area contributed by atoms with Gasteiger partial charge in [-0.25, -0.2) is 4.98 Å². The molecule has 98 valence electrons. The van der Waals surface area contributed by atoms with Gasteiger partial charge in [-0.1, -0.05) is 0 Å². The van der Waals surface area contributed by atoms with E-state index in [-0.39, 0.29) is 6.61 Å². The van der Waals surface area contributed by atoms with Crippen LogP contribution in [-0.4, -0.2) is 35.7 Å². The molecule has 0 saturated heterocycles. The van der Waals surface area contributed by atoms with Crippen LogP contribution in [-0.2, 0) is 9.53 Å². The predicted molar refractivity (Wildman–Crippen MR) is 64.2 cm³/mol. The van der Waals surface area contributed by atoms with E-state index in [0.717, 1.165) is 24.4 Å². The zero-order chi connectivity index (χ0) is 13.1. The Balaban J connectivity index is 1.98. The fourth-order valence-corrected chi connectivity index (χ4v) is 1.55. The molecule has 1 aromatic heterocycles. The van der Waals surface area contributed by atoms with Crippen LogP contribution in [0.4, 0.5) is 0 Å². The number of ether oxygens (including phenoxy) is 2. The number of nitrogens with two attached hydrogens (primary N) is 1. The van der Waals surface area contributed by atoms with Gasteiger partial charge in [-0.3, -0.25) is 4.79 Å². The first kappa shape index (κ1) is 12.8. The molecule has 0 aliphatic heterocycles. The van der Waals surface area contributed by atoms with Gasteiger partial charge >= 0.3 is 5.97 Å². The molecule has 1 aliphatic rings. The van der Waals surface area contributed by atoms with E-state index in [1.165, 1.54) is 7.11 Å². The van der Waals surface area contributed by atoms with Gasteiger partial charge in [0.15, 0.2) is 0 Å². The summed E-state index contributed by atoms with van der Waals surface area (Å²) in [4.78, 5) is 19.8. The molecule has 0 amide bonds. The molecule has 1 unspecified atom stereocenters. The van der Waals surface area contributed by atoms with E-state index in [9.17, 15) is 4.79 Å². The number of hydrogen-bond donors (Lipinski definition) is 1. The van der Waals surface area contributed by atoms with Crippen LogP contribution in [0.3, 0.4) is 0 Å². The van der Waals surface area contributed by atoms with Crippen LogP contribution in [0, 0.1) is 6.92 Å². The van der Waals surface area contributed by atoms with Crippen LogP contribution in [0.5, 0.6) is 5.88 Å². The van der Waals surface area contributed by atoms with Gasteiger partial charge in [0, 0.05) is 17.7 Å². The Labute approximate surface area is 106 Å². The maximum atomic E-state index is 11.1. The predicted octanol–water partition coefficient (Wildman–Crippen LogP) is 0.542. The van der Waals surface area contributed by atoms with Gasteiger partial charge < -0.3 is 15.2 Å². The molecule has 0 bridgehead atoms. The van der Waals surface area contributed by atoms with E-state index >= 15 is 0 Å². The second kappa shape index (κ2) is 5.30. The Morgan fingerprint density at radius 3 is 2.89 bits per heavy atom. The maximum absolute atomic E-state index is 11.1. The molecule has 1 aromatic rings. The summed E-state index contributed by atoms with van der Waals surface area (Å²) in [5, 5.41) is 0. The van der Waals surface area contributed by atoms with Gasteiger partial charge in [0.1, 0.15) is 18.5 Å². The summed E-state index contributed by atoms with van der Waals surface area (Å²) < 4.78 is 9.93. The third kappa shape index (κ3) is 3.16. The molecule has 6 nitrogen and oxygen atoms in total. The number of hydrogen-bond acceptors (Lipinski definition) is 6. The lowest BCUT2D eigenvalue weighted by molar-refractivity contribution is -0.142. The number of esters is 1. The van der Waals surface area contributed by atoms with Crippen molar-refractivity contribution in [2.75, 3.05) is 13.7 Å². The summed E-state index contributed by atoms with van der Waals surface area (Å²) in [5.41, 5.74) is 6.44. The van der Waals surface area contributed by atoms with Gasteiger partial charge in [0.25, 0.3) is 0 Å². The fourth-order valence-electron chi connectivity index (χ4n) is 1.55. The average molecular weight is 251 g/mol. The molecule has 0 aromatic carbocycles. The maximum Gasteiger partial charge on any atom is 0.326 e. The highest BCUT2D eigenvalue weighted by molar-refractivity contribution is 5.75. The zero-order valence-corrected chi connectivity index (χ0v) is 10.5. The minimum absolute atomic E-state index is 0.0488. The quantitative estimate of drug-likeness (QED) is 0.768. The Hall–Kier alpha value is -1.69. The molecular formula is C12H17N3O3. The van der Waals surface area contributed by atoms with Crippen molar-refractivity contribution in [2.24, 2.45) is 5.73 Å². The molecule has 18 heavy (non-hydrogen) atoms. The molecule has 2 N–H and O–H groups in total. The van der Waals surface area contributed by atoms with Crippen molar-refractivity contribution >= 4 is 5.97 Å². The van der Waals surface area contributed by atoms with Gasteiger partial charge in [0.05, 0.1) is 7.11 Å². The zero-order valence-electron chi connectivity index (χ0n) is 10.5. The summed E-state index contributed by atoms with van der Waals surface area (Å²) >= 11 is 0. The number of rotatable bonds is 5. The summed E-state index contributed by atoms with van der Waals surface area (Å²) in [6.45, 7) is 1.94. The van der Waals surface area contributed by atoms with Crippen molar-refractivity contribution in [2.45, 2.75) is 31.7 Å². The van der Waals surface area contributed by atoms with E-state index in [1.54, 1.807) is 6.07 Å². The van der Waals surface area contributed by atoms with Crippen LogP contribution in [0.15, 0.2) is 6.07 Å². The normalized spacial score (nSPS) is 16.2. The molecule has 1 aliphatic carbocycles. The lowest BCUT2D eigenvalue weighted by Crippen LogP contribution is -2.37. The fraction of sp³-hybridized carbons (Fsp3) is 0.583. The Kier molecular flexibility index (Phi) is 3.76. The molecule has 1 saturated carbocycles. The number of nitrogens with zero attached hydrogens (tertiary/aromatic N) is 2. The van der Waals surface area contributed by atoms with Crippen molar-refractivity contribution in [3.05, 3.63) is 17.6 Å². The van der Waals surface area contributed by atoms with Gasteiger partial charge in [-0.2, -0.15) is 4.98 Å². The van der Waals surface area contributed by atoms with Crippen molar-refractivity contribution in [3.8, 4) is 5.88 Å². The van der Waals surface area contributed by atoms with Crippen LogP contribution in [0.1, 0.15) is 30.3 Å². The van der Waals surface area contributed by atoms with Gasteiger partial charge in [-0.15, -0.1) is 0 Å². The summed E-state index contributed by atoms with van der Waals surface area (Å²) in [6.07, 6.45) is 2.26. The Bertz CT molecular complexity index is 446. The number of methoxy groups -OCH3 is 1. The van der Waals surface area contributed by atoms with Gasteiger partial charge in [-0.05, 0) is 19.8 Å². The minimum atomic E-state index is -0.797. The standard InChI is InChI=1S/C12H17N3O3/c1-7-5-10(15-11(14-7)8-3-4-8)18-6-9(13)12(16)17-2/h5,8-9H,3-4,6,13H2,1-2H3. The third-order valence-electron chi connectivity index (χ3n) is 2.71. The molecule has 2 rings (SSSR count). The second-order valence-corrected chi connectivity index (χ2v) is 4.42. The van der Waals surface area contributed by atoms with E-state index < -0.39 is 12.0 Å². The molecule has 6 heteroatoms. The Morgan fingerprint density at radius 2 is 2.28 bits per heavy atom. The SMILES string of the molecule is COC(=O)C(N)COc1cc(C)nc(C2CC2)n1. The van der Waals surface area contributed by atoms with E-state index in [2.05, 4.69) is 14.7 Å². The van der Waals surface area contributed by atoms with Crippen molar-refractivity contribution in [1.82, 2.24) is 9.97 Å². The van der Waals surface area contributed by atoms with Crippen molar-refractivity contribution in [1.29, 1.82) is 0 Å². The highest BCUT2D eigenvalue weighted by Gasteiger charge is 2.27. The Morgan fingerprint density at radius 1 is 1.56 bits per heavy atom. The lowest BCUT2D eigenvalue weighted by Gasteiger charge is -2.11. The molecule has 1 heterocycles. The second-order valence-electron chi connectivity index (χ2n) is 4.42. The van der Waals surface area contributed by atoms with Crippen molar-refractivity contribution in [3.63, 3.8) is 0 Å². The van der Waals surface area contributed by atoms with E-state index in [0.29, 0.717) is 11.8 Å².